The minimum Gasteiger partial charge on any atom is -0.462 e. The molecule has 9 heteroatoms. The van der Waals surface area contributed by atoms with Crippen LogP contribution in [0.15, 0.2) is 0 Å². The van der Waals surface area contributed by atoms with E-state index in [1.165, 1.54) is 0 Å². The summed E-state index contributed by atoms with van der Waals surface area (Å²) in [4.78, 5) is 0. The first-order chi connectivity index (χ1) is 12.1. The van der Waals surface area contributed by atoms with E-state index in [9.17, 15) is 5.11 Å². The zero-order valence-corrected chi connectivity index (χ0v) is 14.8. The molecule has 0 radical (unpaired) electrons. The molecule has 0 spiro atoms. The van der Waals surface area contributed by atoms with Crippen molar-refractivity contribution in [2.45, 2.75) is 32.5 Å². The number of aliphatic hydroxyl groups is 1. The van der Waals surface area contributed by atoms with Crippen molar-refractivity contribution in [3.63, 3.8) is 0 Å². The van der Waals surface area contributed by atoms with E-state index in [1.807, 2.05) is 13.8 Å². The number of fused-ring (bicyclic) bond motifs is 1. The number of anilines is 7. The lowest BCUT2D eigenvalue weighted by Gasteiger charge is -2.34. The summed E-state index contributed by atoms with van der Waals surface area (Å²) >= 11 is 0. The molecule has 0 aliphatic carbocycles. The number of benzene rings is 2. The highest BCUT2D eigenvalue weighted by Crippen LogP contribution is 2.53. The molecule has 2 unspecified atom stereocenters. The van der Waals surface area contributed by atoms with Gasteiger partial charge in [0.25, 0.3) is 0 Å². The molecule has 2 atom stereocenters. The molecule has 140 valence electrons. The van der Waals surface area contributed by atoms with Gasteiger partial charge in [0.05, 0.1) is 34.1 Å². The van der Waals surface area contributed by atoms with Crippen molar-refractivity contribution in [2.24, 2.45) is 0 Å². The molecule has 1 aliphatic heterocycles. The number of hydrogen-bond acceptors (Lipinski definition) is 9. The van der Waals surface area contributed by atoms with Crippen molar-refractivity contribution in [1.29, 1.82) is 0 Å². The number of aliphatic hydroxyl groups excluding tert-OH is 1. The standard InChI is InChI=1S/C17H25N7O2/c1-4-5(2)10(18)13(21)11(19)8(4)6-3-7(25)26-17-9(6)12(20)14(22)15(23)16(17)24/h6-7,25H,3,18-24H2,1-2H3. The van der Waals surface area contributed by atoms with E-state index >= 15 is 0 Å². The summed E-state index contributed by atoms with van der Waals surface area (Å²) in [5, 5.41) is 10.3. The van der Waals surface area contributed by atoms with Gasteiger partial charge < -0.3 is 50.0 Å². The van der Waals surface area contributed by atoms with Gasteiger partial charge in [-0.15, -0.1) is 0 Å². The SMILES string of the molecule is Cc1c(C)c(C2CC(O)Oc3c(N)c(N)c(N)c(N)c32)c(N)c(N)c1N. The van der Waals surface area contributed by atoms with Crippen molar-refractivity contribution < 1.29 is 9.84 Å². The Balaban J connectivity index is 2.38. The normalized spacial score (nSPS) is 19.0. The van der Waals surface area contributed by atoms with Crippen molar-refractivity contribution >= 4 is 39.8 Å². The predicted molar refractivity (Wildman–Crippen MR) is 106 cm³/mol. The van der Waals surface area contributed by atoms with Crippen LogP contribution in [-0.4, -0.2) is 11.4 Å². The summed E-state index contributed by atoms with van der Waals surface area (Å²) in [6.07, 6.45) is -0.913. The fourth-order valence-corrected chi connectivity index (χ4v) is 3.61. The fraction of sp³-hybridized carbons (Fsp3) is 0.294. The summed E-state index contributed by atoms with van der Waals surface area (Å²) in [7, 11) is 0. The molecule has 26 heavy (non-hydrogen) atoms. The molecule has 0 saturated heterocycles. The van der Waals surface area contributed by atoms with Gasteiger partial charge in [-0.05, 0) is 30.5 Å². The van der Waals surface area contributed by atoms with Crippen molar-refractivity contribution in [3.8, 4) is 5.75 Å². The van der Waals surface area contributed by atoms with Crippen LogP contribution < -0.4 is 44.9 Å². The van der Waals surface area contributed by atoms with Gasteiger partial charge in [-0.2, -0.15) is 0 Å². The highest BCUT2D eigenvalue weighted by molar-refractivity contribution is 5.94. The quantitative estimate of drug-likeness (QED) is 0.334. The Hall–Kier alpha value is -3.20. The van der Waals surface area contributed by atoms with Crippen LogP contribution >= 0.6 is 0 Å². The molecular formula is C17H25N7O2. The van der Waals surface area contributed by atoms with Crippen LogP contribution in [0.25, 0.3) is 0 Å². The maximum Gasteiger partial charge on any atom is 0.198 e. The van der Waals surface area contributed by atoms with E-state index in [2.05, 4.69) is 0 Å². The molecule has 1 aliphatic rings. The van der Waals surface area contributed by atoms with Gasteiger partial charge in [0.2, 0.25) is 0 Å². The van der Waals surface area contributed by atoms with Gasteiger partial charge in [-0.1, -0.05) is 0 Å². The van der Waals surface area contributed by atoms with Crippen LogP contribution in [0.1, 0.15) is 34.6 Å². The lowest BCUT2D eigenvalue weighted by Crippen LogP contribution is -2.29. The second kappa shape index (κ2) is 5.67. The second-order valence-electron chi connectivity index (χ2n) is 6.66. The molecule has 9 nitrogen and oxygen atoms in total. The van der Waals surface area contributed by atoms with E-state index in [0.717, 1.165) is 11.1 Å². The molecule has 1 heterocycles. The molecule has 0 amide bonds. The summed E-state index contributed by atoms with van der Waals surface area (Å²) < 4.78 is 5.51. The largest absolute Gasteiger partial charge is 0.462 e. The van der Waals surface area contributed by atoms with Crippen LogP contribution in [0, 0.1) is 13.8 Å². The zero-order chi connectivity index (χ0) is 19.5. The van der Waals surface area contributed by atoms with E-state index in [0.29, 0.717) is 28.2 Å². The Labute approximate surface area is 151 Å². The van der Waals surface area contributed by atoms with Gasteiger partial charge in [-0.3, -0.25) is 0 Å². The average molecular weight is 359 g/mol. The monoisotopic (exact) mass is 359 g/mol. The Morgan fingerprint density at radius 3 is 1.81 bits per heavy atom. The third kappa shape index (κ3) is 2.21. The van der Waals surface area contributed by atoms with Crippen LogP contribution in [-0.2, 0) is 0 Å². The first-order valence-electron chi connectivity index (χ1n) is 8.11. The third-order valence-electron chi connectivity index (χ3n) is 5.28. The van der Waals surface area contributed by atoms with Crippen molar-refractivity contribution in [2.75, 3.05) is 40.1 Å². The first kappa shape index (κ1) is 17.6. The lowest BCUT2D eigenvalue weighted by molar-refractivity contribution is -0.0350. The van der Waals surface area contributed by atoms with Crippen LogP contribution in [0.3, 0.4) is 0 Å². The van der Waals surface area contributed by atoms with E-state index < -0.39 is 12.2 Å². The number of ether oxygens (including phenoxy) is 1. The maximum absolute atomic E-state index is 10.3. The van der Waals surface area contributed by atoms with Crippen LogP contribution in [0.4, 0.5) is 39.8 Å². The minimum atomic E-state index is -1.12. The zero-order valence-electron chi connectivity index (χ0n) is 14.8. The van der Waals surface area contributed by atoms with Gasteiger partial charge in [0.1, 0.15) is 5.69 Å². The van der Waals surface area contributed by atoms with Gasteiger partial charge in [0.15, 0.2) is 12.0 Å². The van der Waals surface area contributed by atoms with Gasteiger partial charge in [-0.25, -0.2) is 0 Å². The minimum absolute atomic E-state index is 0.117. The topological polar surface area (TPSA) is 212 Å². The maximum atomic E-state index is 10.3. The molecule has 15 N–H and O–H groups in total. The number of hydrogen-bond donors (Lipinski definition) is 8. The van der Waals surface area contributed by atoms with E-state index in [-0.39, 0.29) is 34.9 Å². The lowest BCUT2D eigenvalue weighted by atomic mass is 9.79. The van der Waals surface area contributed by atoms with E-state index in [4.69, 9.17) is 44.9 Å². The highest BCUT2D eigenvalue weighted by Gasteiger charge is 2.36. The Kier molecular flexibility index (Phi) is 3.84. The Morgan fingerprint density at radius 1 is 0.692 bits per heavy atom. The highest BCUT2D eigenvalue weighted by atomic mass is 16.6. The number of nitrogen functional groups attached to an aromatic ring is 7. The van der Waals surface area contributed by atoms with Crippen molar-refractivity contribution in [1.82, 2.24) is 0 Å². The molecule has 3 rings (SSSR count). The molecule has 0 bridgehead atoms. The summed E-state index contributed by atoms with van der Waals surface area (Å²) in [5.41, 5.74) is 47.3. The number of rotatable bonds is 1. The summed E-state index contributed by atoms with van der Waals surface area (Å²) in [6, 6.07) is 0. The van der Waals surface area contributed by atoms with Crippen LogP contribution in [0.2, 0.25) is 0 Å². The molecule has 2 aromatic rings. The number of nitrogens with two attached hydrogens (primary N) is 7. The Morgan fingerprint density at radius 2 is 1.19 bits per heavy atom. The van der Waals surface area contributed by atoms with E-state index in [1.54, 1.807) is 0 Å². The van der Waals surface area contributed by atoms with Crippen molar-refractivity contribution in [3.05, 3.63) is 22.3 Å². The first-order valence-corrected chi connectivity index (χ1v) is 8.11. The predicted octanol–water partition coefficient (Wildman–Crippen LogP) is 0.612. The summed E-state index contributed by atoms with van der Waals surface area (Å²) in [6.45, 7) is 3.74. The second-order valence-corrected chi connectivity index (χ2v) is 6.66. The average Bonchev–Trinajstić information content (AvgIpc) is 2.61. The fourth-order valence-electron chi connectivity index (χ4n) is 3.61. The summed E-state index contributed by atoms with van der Waals surface area (Å²) in [5.74, 6) is -0.217. The van der Waals surface area contributed by atoms with Gasteiger partial charge >= 0.3 is 0 Å². The molecule has 0 aromatic heterocycles. The van der Waals surface area contributed by atoms with Crippen LogP contribution in [0.5, 0.6) is 5.75 Å². The Bertz CT molecular complexity index is 898. The molecule has 0 saturated carbocycles. The van der Waals surface area contributed by atoms with Gasteiger partial charge in [0, 0.05) is 17.9 Å². The molecule has 2 aromatic carbocycles. The third-order valence-corrected chi connectivity index (χ3v) is 5.28. The smallest absolute Gasteiger partial charge is 0.198 e. The molecular weight excluding hydrogens is 334 g/mol. The molecule has 0 fully saturated rings.